The summed E-state index contributed by atoms with van der Waals surface area (Å²) in [7, 11) is 0. The van der Waals surface area contributed by atoms with Crippen LogP contribution in [0.4, 0.5) is 0 Å². The lowest BCUT2D eigenvalue weighted by molar-refractivity contribution is -0.142. The first-order valence-electron chi connectivity index (χ1n) is 18.0. The van der Waals surface area contributed by atoms with E-state index in [2.05, 4.69) is 25.9 Å². The molecule has 2 aliphatic heterocycles. The van der Waals surface area contributed by atoms with Crippen molar-refractivity contribution < 1.29 is 33.1 Å². The fourth-order valence-electron chi connectivity index (χ4n) is 6.42. The number of hydrogen-bond donors (Lipinski definition) is 3. The molecule has 4 heterocycles. The molecule has 0 aliphatic carbocycles. The lowest BCUT2D eigenvalue weighted by atomic mass is 9.95. The number of nitrogens with one attached hydrogen (secondary N) is 3. The van der Waals surface area contributed by atoms with E-state index in [0.29, 0.717) is 62.7 Å². The van der Waals surface area contributed by atoms with Gasteiger partial charge >= 0.3 is 0 Å². The fraction of sp³-hybridized carbons (Fsp3) is 0.541. The van der Waals surface area contributed by atoms with Crippen molar-refractivity contribution in [3.8, 4) is 0 Å². The zero-order valence-electron chi connectivity index (χ0n) is 30.3. The Balaban J connectivity index is 1.37. The zero-order chi connectivity index (χ0) is 37.2. The SMILES string of the molecule is CCOCC(=O)N1CCC(C(=O)N2CCCC(=O)N[C@@H](Cc3ccccc3)c3nc(c(C)o3)C(=O)N[C@@H](C(C)C)c3nc(cs3)C(=O)NCC2)CC1. The molecule has 5 rings (SSSR count). The summed E-state index contributed by atoms with van der Waals surface area (Å²) in [5, 5.41) is 11.2. The van der Waals surface area contributed by atoms with Crippen LogP contribution in [-0.2, 0) is 25.5 Å². The minimum Gasteiger partial charge on any atom is -0.443 e. The van der Waals surface area contributed by atoms with Gasteiger partial charge in [-0.25, -0.2) is 9.97 Å². The smallest absolute Gasteiger partial charge is 0.274 e. The third-order valence-electron chi connectivity index (χ3n) is 9.36. The average Bonchev–Trinajstić information content (AvgIpc) is 3.79. The van der Waals surface area contributed by atoms with Crippen molar-refractivity contribution in [3.63, 3.8) is 0 Å². The molecule has 15 heteroatoms. The van der Waals surface area contributed by atoms with Crippen LogP contribution in [0, 0.1) is 18.8 Å². The number of carbonyl (C=O) groups is 5. The molecule has 4 bridgehead atoms. The number of hydrogen-bond acceptors (Lipinski definition) is 10. The van der Waals surface area contributed by atoms with Crippen LogP contribution in [0.5, 0.6) is 0 Å². The van der Waals surface area contributed by atoms with Crippen LogP contribution in [0.25, 0.3) is 0 Å². The molecule has 2 atom stereocenters. The highest BCUT2D eigenvalue weighted by molar-refractivity contribution is 7.09. The summed E-state index contributed by atoms with van der Waals surface area (Å²) in [6.07, 6.45) is 1.93. The molecular formula is C37H49N7O7S. The highest BCUT2D eigenvalue weighted by Crippen LogP contribution is 2.27. The number of aromatic nitrogens is 2. The number of oxazole rings is 1. The minimum absolute atomic E-state index is 0.0270. The van der Waals surface area contributed by atoms with Gasteiger partial charge in [0.15, 0.2) is 5.69 Å². The van der Waals surface area contributed by atoms with Gasteiger partial charge in [0, 0.05) is 63.5 Å². The quantitative estimate of drug-likeness (QED) is 0.328. The molecule has 0 spiro atoms. The number of ether oxygens (including phenoxy) is 1. The molecule has 14 nitrogen and oxygen atoms in total. The maximum atomic E-state index is 13.9. The van der Waals surface area contributed by atoms with Crippen molar-refractivity contribution >= 4 is 40.9 Å². The summed E-state index contributed by atoms with van der Waals surface area (Å²) in [5.74, 6) is -1.06. The number of likely N-dealkylation sites (tertiary alicyclic amines) is 1. The molecule has 280 valence electrons. The Hall–Kier alpha value is -4.63. The molecule has 0 radical (unpaired) electrons. The largest absolute Gasteiger partial charge is 0.443 e. The van der Waals surface area contributed by atoms with Gasteiger partial charge < -0.3 is 34.9 Å². The number of thiazole rings is 1. The molecule has 0 unspecified atom stereocenters. The molecule has 2 aromatic heterocycles. The van der Waals surface area contributed by atoms with E-state index in [9.17, 15) is 24.0 Å². The normalized spacial score (nSPS) is 19.9. The van der Waals surface area contributed by atoms with Crippen molar-refractivity contribution in [2.45, 2.75) is 71.9 Å². The number of aryl methyl sites for hydroxylation is 1. The number of benzene rings is 1. The lowest BCUT2D eigenvalue weighted by Gasteiger charge is -2.34. The zero-order valence-corrected chi connectivity index (χ0v) is 31.1. The van der Waals surface area contributed by atoms with Crippen molar-refractivity contribution in [1.29, 1.82) is 0 Å². The fourth-order valence-corrected chi connectivity index (χ4v) is 7.44. The highest BCUT2D eigenvalue weighted by Gasteiger charge is 2.32. The van der Waals surface area contributed by atoms with Gasteiger partial charge in [-0.2, -0.15) is 0 Å². The van der Waals surface area contributed by atoms with Gasteiger partial charge in [-0.1, -0.05) is 44.2 Å². The molecule has 1 saturated heterocycles. The first-order chi connectivity index (χ1) is 25.0. The summed E-state index contributed by atoms with van der Waals surface area (Å²) in [6.45, 7) is 9.53. The number of carbonyl (C=O) groups excluding carboxylic acids is 5. The van der Waals surface area contributed by atoms with E-state index >= 15 is 0 Å². The molecule has 3 aromatic rings. The Morgan fingerprint density at radius 3 is 2.46 bits per heavy atom. The highest BCUT2D eigenvalue weighted by atomic mass is 32.1. The third kappa shape index (κ3) is 10.0. The second-order valence-corrected chi connectivity index (χ2v) is 14.4. The molecular weight excluding hydrogens is 687 g/mol. The van der Waals surface area contributed by atoms with Crippen molar-refractivity contribution in [1.82, 2.24) is 35.7 Å². The van der Waals surface area contributed by atoms with Gasteiger partial charge in [0.25, 0.3) is 11.8 Å². The van der Waals surface area contributed by atoms with Gasteiger partial charge in [0.05, 0.1) is 6.04 Å². The minimum atomic E-state index is -0.647. The van der Waals surface area contributed by atoms with Crippen LogP contribution in [-0.4, -0.2) is 95.2 Å². The average molecular weight is 736 g/mol. The predicted octanol–water partition coefficient (Wildman–Crippen LogP) is 3.59. The van der Waals surface area contributed by atoms with E-state index in [1.807, 2.05) is 51.1 Å². The molecule has 5 amide bonds. The van der Waals surface area contributed by atoms with Crippen LogP contribution >= 0.6 is 11.3 Å². The Labute approximate surface area is 308 Å². The summed E-state index contributed by atoms with van der Waals surface area (Å²) in [5.41, 5.74) is 1.28. The number of amides is 5. The lowest BCUT2D eigenvalue weighted by Crippen LogP contribution is -2.47. The van der Waals surface area contributed by atoms with Crippen molar-refractivity contribution in [3.05, 3.63) is 69.3 Å². The van der Waals surface area contributed by atoms with Crippen LogP contribution in [0.1, 0.15) is 102 Å². The topological polar surface area (TPSA) is 176 Å². The van der Waals surface area contributed by atoms with Crippen molar-refractivity contribution in [2.24, 2.45) is 11.8 Å². The first kappa shape index (κ1) is 38.6. The van der Waals surface area contributed by atoms with E-state index in [1.165, 1.54) is 11.3 Å². The van der Waals surface area contributed by atoms with Gasteiger partial charge in [-0.3, -0.25) is 24.0 Å². The Morgan fingerprint density at radius 2 is 1.75 bits per heavy atom. The maximum Gasteiger partial charge on any atom is 0.274 e. The maximum absolute atomic E-state index is 13.9. The second-order valence-electron chi connectivity index (χ2n) is 13.5. The summed E-state index contributed by atoms with van der Waals surface area (Å²) >= 11 is 1.28. The molecule has 52 heavy (non-hydrogen) atoms. The van der Waals surface area contributed by atoms with E-state index in [1.54, 1.807) is 22.1 Å². The summed E-state index contributed by atoms with van der Waals surface area (Å²) < 4.78 is 11.3. The van der Waals surface area contributed by atoms with Gasteiger partial charge in [-0.05, 0) is 44.6 Å². The van der Waals surface area contributed by atoms with Crippen LogP contribution in [0.2, 0.25) is 0 Å². The second kappa shape index (κ2) is 18.2. The summed E-state index contributed by atoms with van der Waals surface area (Å²) in [4.78, 5) is 79.1. The van der Waals surface area contributed by atoms with Gasteiger partial charge in [0.1, 0.15) is 29.1 Å². The molecule has 1 aromatic carbocycles. The van der Waals surface area contributed by atoms with E-state index < -0.39 is 18.0 Å². The number of piperidine rings is 1. The molecule has 3 N–H and O–H groups in total. The predicted molar refractivity (Wildman–Crippen MR) is 193 cm³/mol. The number of fused-ring (bicyclic) bond motifs is 4. The Kier molecular flexibility index (Phi) is 13.5. The number of nitrogens with zero attached hydrogens (tertiary/aromatic N) is 4. The molecule has 1 fully saturated rings. The first-order valence-corrected chi connectivity index (χ1v) is 18.9. The van der Waals surface area contributed by atoms with E-state index in [-0.39, 0.29) is 78.9 Å². The monoisotopic (exact) mass is 735 g/mol. The van der Waals surface area contributed by atoms with Gasteiger partial charge in [0.2, 0.25) is 23.6 Å². The van der Waals surface area contributed by atoms with E-state index in [4.69, 9.17) is 9.15 Å². The van der Waals surface area contributed by atoms with E-state index in [0.717, 1.165) is 5.56 Å². The van der Waals surface area contributed by atoms with Gasteiger partial charge in [-0.15, -0.1) is 11.3 Å². The van der Waals surface area contributed by atoms with Crippen LogP contribution < -0.4 is 16.0 Å². The summed E-state index contributed by atoms with van der Waals surface area (Å²) in [6, 6.07) is 8.48. The number of rotatable bonds is 7. The third-order valence-corrected chi connectivity index (χ3v) is 10.3. The Morgan fingerprint density at radius 1 is 1.00 bits per heavy atom. The molecule has 2 aliphatic rings. The van der Waals surface area contributed by atoms with Crippen molar-refractivity contribution in [2.75, 3.05) is 45.9 Å². The Bertz CT molecular complexity index is 1700. The van der Waals surface area contributed by atoms with Crippen LogP contribution in [0.3, 0.4) is 0 Å². The molecule has 0 saturated carbocycles. The van der Waals surface area contributed by atoms with Crippen LogP contribution in [0.15, 0.2) is 40.1 Å². The standard InChI is InChI=1S/C37H49N7O7S/c1-5-50-21-30(46)43-17-13-26(14-18-43)37(49)44-16-9-12-29(45)39-27(20-25-10-7-6-8-11-25)35-42-32(24(4)51-35)34(48)41-31(23(2)3)36-40-28(22-52-36)33(47)38-15-19-44/h6-8,10-11,22-23,26-27,31H,5,9,12-21H2,1-4H3,(H,38,47)(H,39,45)(H,41,48)/t27-,31-/m0/s1.